The summed E-state index contributed by atoms with van der Waals surface area (Å²) in [5.74, 6) is -2.07. The van der Waals surface area contributed by atoms with Crippen molar-refractivity contribution in [2.45, 2.75) is 12.3 Å². The number of nitro benzene ring substituents is 1. The molecule has 0 radical (unpaired) electrons. The SMILES string of the molecule is O=[N+]([O-])c1ccc(F)c(C2CCNC2)c1F. The molecule has 0 spiro atoms. The van der Waals surface area contributed by atoms with Crippen molar-refractivity contribution in [3.8, 4) is 0 Å². The summed E-state index contributed by atoms with van der Waals surface area (Å²) in [6.45, 7) is 1.13. The van der Waals surface area contributed by atoms with Gasteiger partial charge in [-0.15, -0.1) is 0 Å². The molecule has 0 amide bonds. The van der Waals surface area contributed by atoms with Crippen LogP contribution in [0.4, 0.5) is 14.5 Å². The molecule has 4 nitrogen and oxygen atoms in total. The lowest BCUT2D eigenvalue weighted by Crippen LogP contribution is -2.11. The molecule has 1 N–H and O–H groups in total. The lowest BCUT2D eigenvalue weighted by Gasteiger charge is -2.10. The van der Waals surface area contributed by atoms with Gasteiger partial charge in [0, 0.05) is 24.1 Å². The second kappa shape index (κ2) is 4.13. The highest BCUT2D eigenvalue weighted by Gasteiger charge is 2.28. The average Bonchev–Trinajstić information content (AvgIpc) is 2.70. The molecule has 1 atom stereocenters. The first-order chi connectivity index (χ1) is 7.61. The van der Waals surface area contributed by atoms with Gasteiger partial charge in [-0.1, -0.05) is 0 Å². The van der Waals surface area contributed by atoms with Crippen molar-refractivity contribution in [2.75, 3.05) is 13.1 Å². The minimum atomic E-state index is -1.04. The van der Waals surface area contributed by atoms with E-state index in [2.05, 4.69) is 5.32 Å². The molecule has 1 saturated heterocycles. The predicted octanol–water partition coefficient (Wildman–Crippen LogP) is 1.95. The summed E-state index contributed by atoms with van der Waals surface area (Å²) in [6, 6.07) is 1.81. The lowest BCUT2D eigenvalue weighted by molar-refractivity contribution is -0.387. The van der Waals surface area contributed by atoms with Gasteiger partial charge < -0.3 is 5.32 Å². The molecule has 86 valence electrons. The van der Waals surface area contributed by atoms with Crippen LogP contribution in [-0.2, 0) is 0 Å². The third kappa shape index (κ3) is 1.76. The third-order valence-corrected chi connectivity index (χ3v) is 2.77. The zero-order valence-electron chi connectivity index (χ0n) is 8.37. The Labute approximate surface area is 90.4 Å². The number of benzene rings is 1. The molecule has 1 aliphatic heterocycles. The molecule has 1 unspecified atom stereocenters. The molecule has 1 aromatic rings. The molecule has 1 aliphatic rings. The number of halogens is 2. The third-order valence-electron chi connectivity index (χ3n) is 2.77. The van der Waals surface area contributed by atoms with Gasteiger partial charge in [0.05, 0.1) is 4.92 Å². The van der Waals surface area contributed by atoms with E-state index >= 15 is 0 Å². The maximum Gasteiger partial charge on any atom is 0.305 e. The Kier molecular flexibility index (Phi) is 2.82. The van der Waals surface area contributed by atoms with Crippen LogP contribution in [0.3, 0.4) is 0 Å². The number of rotatable bonds is 2. The number of nitrogens with one attached hydrogen (secondary N) is 1. The predicted molar refractivity (Wildman–Crippen MR) is 53.2 cm³/mol. The molecule has 2 rings (SSSR count). The molecule has 0 aliphatic carbocycles. The van der Waals surface area contributed by atoms with E-state index in [9.17, 15) is 18.9 Å². The van der Waals surface area contributed by atoms with Crippen molar-refractivity contribution in [2.24, 2.45) is 0 Å². The van der Waals surface area contributed by atoms with Crippen LogP contribution in [0.15, 0.2) is 12.1 Å². The summed E-state index contributed by atoms with van der Waals surface area (Å²) < 4.78 is 27.2. The quantitative estimate of drug-likeness (QED) is 0.621. The van der Waals surface area contributed by atoms with Crippen molar-refractivity contribution < 1.29 is 13.7 Å². The van der Waals surface area contributed by atoms with Gasteiger partial charge in [0.2, 0.25) is 5.82 Å². The fourth-order valence-corrected chi connectivity index (χ4v) is 1.97. The van der Waals surface area contributed by atoms with Crippen molar-refractivity contribution in [3.63, 3.8) is 0 Å². The smallest absolute Gasteiger partial charge is 0.305 e. The van der Waals surface area contributed by atoms with Gasteiger partial charge in [-0.05, 0) is 19.0 Å². The summed E-state index contributed by atoms with van der Waals surface area (Å²) in [5, 5.41) is 13.5. The molecular weight excluding hydrogens is 218 g/mol. The van der Waals surface area contributed by atoms with E-state index in [1.54, 1.807) is 0 Å². The Morgan fingerprint density at radius 1 is 1.44 bits per heavy atom. The topological polar surface area (TPSA) is 55.2 Å². The number of nitrogens with zero attached hydrogens (tertiary/aromatic N) is 1. The molecule has 1 heterocycles. The zero-order valence-corrected chi connectivity index (χ0v) is 8.37. The maximum absolute atomic E-state index is 13.7. The Morgan fingerprint density at radius 2 is 2.19 bits per heavy atom. The molecule has 0 bridgehead atoms. The normalized spacial score (nSPS) is 20.0. The van der Waals surface area contributed by atoms with Gasteiger partial charge >= 0.3 is 5.69 Å². The van der Waals surface area contributed by atoms with Crippen molar-refractivity contribution in [3.05, 3.63) is 39.4 Å². The van der Waals surface area contributed by atoms with E-state index in [-0.39, 0.29) is 11.5 Å². The fourth-order valence-electron chi connectivity index (χ4n) is 1.97. The molecule has 1 aromatic carbocycles. The average molecular weight is 228 g/mol. The van der Waals surface area contributed by atoms with Crippen LogP contribution in [0.5, 0.6) is 0 Å². The summed E-state index contributed by atoms with van der Waals surface area (Å²) in [7, 11) is 0. The zero-order chi connectivity index (χ0) is 11.7. The van der Waals surface area contributed by atoms with E-state index in [1.165, 1.54) is 0 Å². The maximum atomic E-state index is 13.7. The minimum absolute atomic E-state index is 0.167. The summed E-state index contributed by atoms with van der Waals surface area (Å²) in [5.41, 5.74) is -0.831. The van der Waals surface area contributed by atoms with E-state index in [4.69, 9.17) is 0 Å². The van der Waals surface area contributed by atoms with Crippen LogP contribution in [0, 0.1) is 21.7 Å². The van der Waals surface area contributed by atoms with E-state index in [0.29, 0.717) is 19.5 Å². The van der Waals surface area contributed by atoms with Crippen molar-refractivity contribution >= 4 is 5.69 Å². The second-order valence-corrected chi connectivity index (χ2v) is 3.74. The summed E-state index contributed by atoms with van der Waals surface area (Å²) >= 11 is 0. The summed E-state index contributed by atoms with van der Waals surface area (Å²) in [4.78, 5) is 9.69. The highest BCUT2D eigenvalue weighted by molar-refractivity contribution is 5.40. The molecule has 0 saturated carbocycles. The minimum Gasteiger partial charge on any atom is -0.316 e. The van der Waals surface area contributed by atoms with Gasteiger partial charge in [0.1, 0.15) is 5.82 Å². The van der Waals surface area contributed by atoms with Gasteiger partial charge in [-0.25, -0.2) is 4.39 Å². The highest BCUT2D eigenvalue weighted by Crippen LogP contribution is 2.31. The highest BCUT2D eigenvalue weighted by atomic mass is 19.1. The van der Waals surface area contributed by atoms with Crippen LogP contribution in [-0.4, -0.2) is 18.0 Å². The van der Waals surface area contributed by atoms with Crippen LogP contribution < -0.4 is 5.32 Å². The van der Waals surface area contributed by atoms with E-state index in [0.717, 1.165) is 12.1 Å². The largest absolute Gasteiger partial charge is 0.316 e. The van der Waals surface area contributed by atoms with Gasteiger partial charge in [-0.2, -0.15) is 4.39 Å². The first-order valence-electron chi connectivity index (χ1n) is 4.94. The molecule has 1 fully saturated rings. The monoisotopic (exact) mass is 228 g/mol. The Balaban J connectivity index is 2.49. The van der Waals surface area contributed by atoms with Crippen LogP contribution in [0.2, 0.25) is 0 Å². The molecule has 6 heteroatoms. The molecule has 16 heavy (non-hydrogen) atoms. The lowest BCUT2D eigenvalue weighted by atomic mass is 9.96. The first-order valence-corrected chi connectivity index (χ1v) is 4.94. The summed E-state index contributed by atoms with van der Waals surface area (Å²) in [6.07, 6.45) is 0.592. The van der Waals surface area contributed by atoms with Gasteiger partial charge in [-0.3, -0.25) is 10.1 Å². The Hall–Kier alpha value is -1.56. The van der Waals surface area contributed by atoms with Crippen molar-refractivity contribution in [1.29, 1.82) is 0 Å². The van der Waals surface area contributed by atoms with E-state index in [1.807, 2.05) is 0 Å². The van der Waals surface area contributed by atoms with Crippen LogP contribution in [0.25, 0.3) is 0 Å². The van der Waals surface area contributed by atoms with E-state index < -0.39 is 22.2 Å². The van der Waals surface area contributed by atoms with Gasteiger partial charge in [0.15, 0.2) is 0 Å². The first kappa shape index (κ1) is 10.9. The Morgan fingerprint density at radius 3 is 2.75 bits per heavy atom. The van der Waals surface area contributed by atoms with Crippen molar-refractivity contribution in [1.82, 2.24) is 5.32 Å². The second-order valence-electron chi connectivity index (χ2n) is 3.74. The van der Waals surface area contributed by atoms with Gasteiger partial charge in [0.25, 0.3) is 0 Å². The van der Waals surface area contributed by atoms with Crippen LogP contribution in [0.1, 0.15) is 17.9 Å². The fraction of sp³-hybridized carbons (Fsp3) is 0.400. The number of hydrogen-bond acceptors (Lipinski definition) is 3. The molecular formula is C10H10F2N2O2. The Bertz CT molecular complexity index is 431. The number of nitro groups is 1. The van der Waals surface area contributed by atoms with Crippen LogP contribution >= 0.6 is 0 Å². The number of hydrogen-bond donors (Lipinski definition) is 1. The molecule has 0 aromatic heterocycles. The standard InChI is InChI=1S/C10H10F2N2O2/c11-7-1-2-8(14(15)16)10(12)9(7)6-3-4-13-5-6/h1-2,6,13H,3-5H2.